The molecule has 9 heteroatoms. The van der Waals surface area contributed by atoms with Crippen LogP contribution in [0.3, 0.4) is 0 Å². The van der Waals surface area contributed by atoms with E-state index < -0.39 is 17.6 Å². The van der Waals surface area contributed by atoms with Gasteiger partial charge >= 0.3 is 11.9 Å². The third-order valence-corrected chi connectivity index (χ3v) is 3.48. The van der Waals surface area contributed by atoms with Gasteiger partial charge in [0.2, 0.25) is 11.4 Å². The Kier molecular flexibility index (Phi) is 4.13. The minimum Gasteiger partial charge on any atom is -0.476 e. The van der Waals surface area contributed by atoms with Gasteiger partial charge in [0.25, 0.3) is 0 Å². The summed E-state index contributed by atoms with van der Waals surface area (Å²) in [6.45, 7) is 0.180. The number of pyridine rings is 1. The normalized spacial score (nSPS) is 10.8. The summed E-state index contributed by atoms with van der Waals surface area (Å²) in [6.07, 6.45) is 1.56. The van der Waals surface area contributed by atoms with Crippen LogP contribution in [0.2, 0.25) is 5.02 Å². The molecule has 3 rings (SSSR count). The molecule has 3 aromatic rings. The van der Waals surface area contributed by atoms with Gasteiger partial charge in [0.15, 0.2) is 0 Å². The Morgan fingerprint density at radius 3 is 2.71 bits per heavy atom. The van der Waals surface area contributed by atoms with E-state index >= 15 is 0 Å². The highest BCUT2D eigenvalue weighted by molar-refractivity contribution is 6.31. The molecule has 24 heavy (non-hydrogen) atoms. The number of carboxylic acids is 1. The molecule has 1 N–H and O–H groups in total. The maximum absolute atomic E-state index is 11.6. The van der Waals surface area contributed by atoms with E-state index in [1.165, 1.54) is 0 Å². The molecule has 0 saturated carbocycles. The molecule has 0 saturated heterocycles. The van der Waals surface area contributed by atoms with Crippen LogP contribution in [0.1, 0.15) is 26.5 Å². The van der Waals surface area contributed by atoms with Crippen LogP contribution in [-0.2, 0) is 11.3 Å². The fraction of sp³-hybridized carbons (Fsp3) is 0.133. The van der Waals surface area contributed by atoms with Gasteiger partial charge in [-0.3, -0.25) is 4.98 Å². The Bertz CT molecular complexity index is 954. The van der Waals surface area contributed by atoms with Crippen LogP contribution >= 0.6 is 11.6 Å². The summed E-state index contributed by atoms with van der Waals surface area (Å²) in [7, 11) is 1.15. The number of fused-ring (bicyclic) bond motifs is 1. The van der Waals surface area contributed by atoms with Crippen LogP contribution in [-0.4, -0.2) is 44.1 Å². The van der Waals surface area contributed by atoms with E-state index in [0.717, 1.165) is 28.4 Å². The number of carbonyl (C=O) groups is 2. The number of hydrogen-bond acceptors (Lipinski definition) is 6. The second-order valence-corrected chi connectivity index (χ2v) is 5.34. The lowest BCUT2D eigenvalue weighted by Crippen LogP contribution is -2.09. The molecule has 0 aliphatic rings. The Morgan fingerprint density at radius 1 is 1.25 bits per heavy atom. The van der Waals surface area contributed by atoms with Crippen molar-refractivity contribution in [1.29, 1.82) is 0 Å². The summed E-state index contributed by atoms with van der Waals surface area (Å²) >= 11 is 5.93. The van der Waals surface area contributed by atoms with Gasteiger partial charge in [0, 0.05) is 11.6 Å². The zero-order valence-corrected chi connectivity index (χ0v) is 13.2. The summed E-state index contributed by atoms with van der Waals surface area (Å²) < 4.78 is 4.52. The van der Waals surface area contributed by atoms with Crippen molar-refractivity contribution in [2.45, 2.75) is 6.54 Å². The second kappa shape index (κ2) is 6.25. The van der Waals surface area contributed by atoms with E-state index in [9.17, 15) is 9.59 Å². The summed E-state index contributed by atoms with van der Waals surface area (Å²) in [5.74, 6) is -2.20. The van der Waals surface area contributed by atoms with Gasteiger partial charge < -0.3 is 9.84 Å². The van der Waals surface area contributed by atoms with Crippen molar-refractivity contribution in [2.75, 3.05) is 7.11 Å². The number of hydrogen-bond donors (Lipinski definition) is 1. The van der Waals surface area contributed by atoms with Crippen molar-refractivity contribution < 1.29 is 19.4 Å². The zero-order chi connectivity index (χ0) is 17.3. The van der Waals surface area contributed by atoms with E-state index in [1.807, 2.05) is 18.2 Å². The molecule has 0 spiro atoms. The van der Waals surface area contributed by atoms with E-state index in [-0.39, 0.29) is 12.2 Å². The van der Waals surface area contributed by atoms with E-state index in [4.69, 9.17) is 16.7 Å². The smallest absolute Gasteiger partial charge is 0.361 e. The van der Waals surface area contributed by atoms with Gasteiger partial charge in [0.1, 0.15) is 0 Å². The third-order valence-electron chi connectivity index (χ3n) is 3.27. The first-order valence-electron chi connectivity index (χ1n) is 6.79. The molecule has 0 unspecified atom stereocenters. The van der Waals surface area contributed by atoms with Gasteiger partial charge in [-0.1, -0.05) is 17.7 Å². The largest absolute Gasteiger partial charge is 0.476 e. The molecule has 2 heterocycles. The summed E-state index contributed by atoms with van der Waals surface area (Å²) in [4.78, 5) is 28.1. The lowest BCUT2D eigenvalue weighted by Gasteiger charge is -2.03. The van der Waals surface area contributed by atoms with Crippen molar-refractivity contribution in [1.82, 2.24) is 20.0 Å². The second-order valence-electron chi connectivity index (χ2n) is 4.90. The molecule has 0 radical (unpaired) electrons. The molecule has 1 aromatic carbocycles. The number of esters is 1. The third kappa shape index (κ3) is 3.04. The lowest BCUT2D eigenvalue weighted by atomic mass is 10.1. The van der Waals surface area contributed by atoms with Crippen LogP contribution in [0, 0.1) is 0 Å². The van der Waals surface area contributed by atoms with Crippen molar-refractivity contribution in [3.05, 3.63) is 52.4 Å². The van der Waals surface area contributed by atoms with Crippen LogP contribution in [0.25, 0.3) is 10.9 Å². The average molecular weight is 347 g/mol. The number of methoxy groups -OCH3 is 1. The monoisotopic (exact) mass is 346 g/mol. The fourth-order valence-electron chi connectivity index (χ4n) is 2.21. The molecule has 8 nitrogen and oxygen atoms in total. The summed E-state index contributed by atoms with van der Waals surface area (Å²) in [5.41, 5.74) is 0.788. The molecule has 0 fully saturated rings. The minimum absolute atomic E-state index is 0.180. The SMILES string of the molecule is COC(=O)c1nn(Cc2ccc3ncc(Cl)cc3c2)nc1C(=O)O. The number of halogens is 1. The fourth-order valence-corrected chi connectivity index (χ4v) is 2.38. The molecular formula is C15H11ClN4O4. The number of carbonyl (C=O) groups excluding carboxylic acids is 1. The number of aromatic carboxylic acids is 1. The first-order chi connectivity index (χ1) is 11.5. The van der Waals surface area contributed by atoms with Gasteiger partial charge in [0.05, 0.1) is 24.2 Å². The topological polar surface area (TPSA) is 107 Å². The van der Waals surface area contributed by atoms with Crippen LogP contribution < -0.4 is 0 Å². The van der Waals surface area contributed by atoms with E-state index in [2.05, 4.69) is 19.9 Å². The molecule has 0 amide bonds. The quantitative estimate of drug-likeness (QED) is 0.720. The van der Waals surface area contributed by atoms with Crippen molar-refractivity contribution in [2.24, 2.45) is 0 Å². The maximum atomic E-state index is 11.6. The van der Waals surface area contributed by atoms with Gasteiger partial charge in [-0.15, -0.1) is 10.2 Å². The highest BCUT2D eigenvalue weighted by Gasteiger charge is 2.24. The molecular weight excluding hydrogens is 336 g/mol. The number of nitrogens with zero attached hydrogens (tertiary/aromatic N) is 4. The number of benzene rings is 1. The first kappa shape index (κ1) is 15.9. The van der Waals surface area contributed by atoms with Crippen molar-refractivity contribution >= 4 is 34.4 Å². The van der Waals surface area contributed by atoms with Crippen molar-refractivity contribution in [3.63, 3.8) is 0 Å². The Morgan fingerprint density at radius 2 is 2.00 bits per heavy atom. The van der Waals surface area contributed by atoms with Gasteiger partial charge in [-0.2, -0.15) is 4.80 Å². The number of aromatic nitrogens is 4. The predicted molar refractivity (Wildman–Crippen MR) is 84.2 cm³/mol. The van der Waals surface area contributed by atoms with Crippen LogP contribution in [0.15, 0.2) is 30.5 Å². The summed E-state index contributed by atoms with van der Waals surface area (Å²) in [6, 6.07) is 7.23. The number of carboxylic acid groups (broad SMARTS) is 1. The van der Waals surface area contributed by atoms with Gasteiger partial charge in [-0.05, 0) is 23.8 Å². The zero-order valence-electron chi connectivity index (χ0n) is 12.4. The van der Waals surface area contributed by atoms with E-state index in [0.29, 0.717) is 5.02 Å². The molecule has 0 atom stereocenters. The molecule has 122 valence electrons. The number of ether oxygens (including phenoxy) is 1. The molecule has 2 aromatic heterocycles. The van der Waals surface area contributed by atoms with E-state index in [1.54, 1.807) is 12.3 Å². The Labute approximate surface area is 140 Å². The minimum atomic E-state index is -1.35. The van der Waals surface area contributed by atoms with Crippen molar-refractivity contribution in [3.8, 4) is 0 Å². The Balaban J connectivity index is 1.96. The average Bonchev–Trinajstić information content (AvgIpc) is 2.98. The molecule has 0 aliphatic heterocycles. The van der Waals surface area contributed by atoms with Crippen LogP contribution in [0.4, 0.5) is 0 Å². The highest BCUT2D eigenvalue weighted by atomic mass is 35.5. The summed E-state index contributed by atoms with van der Waals surface area (Å²) in [5, 5.41) is 18.2. The van der Waals surface area contributed by atoms with Gasteiger partial charge in [-0.25, -0.2) is 9.59 Å². The highest BCUT2D eigenvalue weighted by Crippen LogP contribution is 2.18. The maximum Gasteiger partial charge on any atom is 0.361 e. The molecule has 0 bridgehead atoms. The molecule has 0 aliphatic carbocycles. The first-order valence-corrected chi connectivity index (χ1v) is 7.16. The standard InChI is InChI=1S/C15H11ClN4O4/c1-24-15(23)13-12(14(21)22)18-20(19-13)7-8-2-3-11-9(4-8)5-10(16)6-17-11/h2-6H,7H2,1H3,(H,21,22). The predicted octanol–water partition coefficient (Wildman–Crippen LogP) is 2.01. The Hall–Kier alpha value is -3.00. The van der Waals surface area contributed by atoms with Crippen LogP contribution in [0.5, 0.6) is 0 Å². The number of rotatable bonds is 4. The lowest BCUT2D eigenvalue weighted by molar-refractivity contribution is 0.0575.